The first-order valence-electron chi connectivity index (χ1n) is 25.6. The third-order valence-corrected chi connectivity index (χ3v) is 14.0. The van der Waals surface area contributed by atoms with Gasteiger partial charge in [0.05, 0.1) is 13.2 Å². The van der Waals surface area contributed by atoms with Gasteiger partial charge in [-0.15, -0.1) is 0 Å². The highest BCUT2D eigenvalue weighted by Crippen LogP contribution is 2.46. The second kappa shape index (κ2) is 21.3. The summed E-state index contributed by atoms with van der Waals surface area (Å²) in [7, 11) is 0. The maximum atomic E-state index is 7.05. The Balaban J connectivity index is 0.826. The van der Waals surface area contributed by atoms with Gasteiger partial charge in [-0.25, -0.2) is 0 Å². The van der Waals surface area contributed by atoms with Gasteiger partial charge in [-0.3, -0.25) is 0 Å². The van der Waals surface area contributed by atoms with Gasteiger partial charge in [0.1, 0.15) is 35.2 Å². The lowest BCUT2D eigenvalue weighted by molar-refractivity contribution is 0.247. The molecule has 0 atom stereocenters. The van der Waals surface area contributed by atoms with E-state index < -0.39 is 0 Å². The first-order chi connectivity index (χ1) is 36.7. The number of fused-ring (bicyclic) bond motifs is 4. The molecule has 12 rings (SSSR count). The lowest BCUT2D eigenvalue weighted by Gasteiger charge is -2.22. The molecule has 358 valence electrons. The SMILES string of the molecule is c1ccc(C(Oc2cc(-c3c(OCCCCOc4ccc5ccccc5c4-c4cc(OC(c5ccccc5)c5ccccc5)cc5ccccc45)ccc4ccccc34)c3ccccc3c2)c2ccccc2)cc1. The van der Waals surface area contributed by atoms with E-state index in [0.29, 0.717) is 13.2 Å². The first-order valence-corrected chi connectivity index (χ1v) is 25.6. The van der Waals surface area contributed by atoms with Crippen molar-refractivity contribution in [2.45, 2.75) is 25.0 Å². The number of ether oxygens (including phenoxy) is 4. The summed E-state index contributed by atoms with van der Waals surface area (Å²) in [4.78, 5) is 0. The average Bonchev–Trinajstić information content (AvgIpc) is 3.47. The molecule has 0 unspecified atom stereocenters. The fourth-order valence-electron chi connectivity index (χ4n) is 10.4. The molecule has 4 nitrogen and oxygen atoms in total. The van der Waals surface area contributed by atoms with Crippen molar-refractivity contribution >= 4 is 43.1 Å². The molecule has 0 saturated carbocycles. The van der Waals surface area contributed by atoms with Gasteiger partial charge in [-0.2, -0.15) is 0 Å². The Morgan fingerprint density at radius 2 is 0.581 bits per heavy atom. The molecular weight excluding hydrogens is 905 g/mol. The highest BCUT2D eigenvalue weighted by Gasteiger charge is 2.22. The van der Waals surface area contributed by atoms with Crippen molar-refractivity contribution in [2.75, 3.05) is 13.2 Å². The molecule has 0 amide bonds. The van der Waals surface area contributed by atoms with Crippen LogP contribution in [0, 0.1) is 0 Å². The normalized spacial score (nSPS) is 11.4. The van der Waals surface area contributed by atoms with E-state index >= 15 is 0 Å². The Bertz CT molecular complexity index is 3520. The summed E-state index contributed by atoms with van der Waals surface area (Å²) < 4.78 is 27.8. The van der Waals surface area contributed by atoms with Gasteiger partial charge >= 0.3 is 0 Å². The van der Waals surface area contributed by atoms with Crippen LogP contribution in [-0.2, 0) is 0 Å². The molecule has 74 heavy (non-hydrogen) atoms. The van der Waals surface area contributed by atoms with Crippen LogP contribution in [0.3, 0.4) is 0 Å². The van der Waals surface area contributed by atoms with E-state index in [2.05, 4.69) is 243 Å². The number of hydrogen-bond donors (Lipinski definition) is 0. The van der Waals surface area contributed by atoms with E-state index in [9.17, 15) is 0 Å². The second-order valence-electron chi connectivity index (χ2n) is 18.7. The lowest BCUT2D eigenvalue weighted by Crippen LogP contribution is -2.09. The second-order valence-corrected chi connectivity index (χ2v) is 18.7. The van der Waals surface area contributed by atoms with Crippen molar-refractivity contribution in [3.8, 4) is 45.3 Å². The molecule has 0 aromatic heterocycles. The Hall–Kier alpha value is -9.12. The number of hydrogen-bond acceptors (Lipinski definition) is 4. The highest BCUT2D eigenvalue weighted by molar-refractivity contribution is 6.09. The van der Waals surface area contributed by atoms with Crippen molar-refractivity contribution in [1.29, 1.82) is 0 Å². The molecule has 0 bridgehead atoms. The van der Waals surface area contributed by atoms with Crippen molar-refractivity contribution in [3.05, 3.63) is 289 Å². The summed E-state index contributed by atoms with van der Waals surface area (Å²) in [5.41, 5.74) is 8.59. The zero-order valence-corrected chi connectivity index (χ0v) is 41.0. The molecule has 0 N–H and O–H groups in total. The molecular formula is C70H54O4. The van der Waals surface area contributed by atoms with Crippen LogP contribution in [0.25, 0.3) is 65.3 Å². The van der Waals surface area contributed by atoms with Crippen LogP contribution in [-0.4, -0.2) is 13.2 Å². The van der Waals surface area contributed by atoms with Gasteiger partial charge in [-0.05, 0) is 126 Å². The lowest BCUT2D eigenvalue weighted by atomic mass is 9.92. The predicted molar refractivity (Wildman–Crippen MR) is 305 cm³/mol. The Kier molecular flexibility index (Phi) is 13.2. The van der Waals surface area contributed by atoms with Crippen molar-refractivity contribution in [2.24, 2.45) is 0 Å². The van der Waals surface area contributed by atoms with Crippen LogP contribution in [0.4, 0.5) is 0 Å². The van der Waals surface area contributed by atoms with Crippen molar-refractivity contribution in [3.63, 3.8) is 0 Å². The van der Waals surface area contributed by atoms with Crippen molar-refractivity contribution < 1.29 is 18.9 Å². The smallest absolute Gasteiger partial charge is 0.149 e. The van der Waals surface area contributed by atoms with Gasteiger partial charge in [0, 0.05) is 11.1 Å². The van der Waals surface area contributed by atoms with Gasteiger partial charge in [0.15, 0.2) is 0 Å². The number of benzene rings is 12. The summed E-state index contributed by atoms with van der Waals surface area (Å²) in [5, 5.41) is 9.00. The monoisotopic (exact) mass is 958 g/mol. The molecule has 0 aliphatic rings. The number of rotatable bonds is 17. The Labute approximate surface area is 432 Å². The summed E-state index contributed by atoms with van der Waals surface area (Å²) in [6.45, 7) is 1.04. The minimum absolute atomic E-state index is 0.293. The van der Waals surface area contributed by atoms with E-state index in [-0.39, 0.29) is 12.2 Å². The van der Waals surface area contributed by atoms with Crippen LogP contribution in [0.15, 0.2) is 267 Å². The van der Waals surface area contributed by atoms with Crippen LogP contribution in [0.5, 0.6) is 23.0 Å². The molecule has 12 aromatic carbocycles. The zero-order chi connectivity index (χ0) is 49.5. The van der Waals surface area contributed by atoms with Gasteiger partial charge in [-0.1, -0.05) is 231 Å². The molecule has 0 aliphatic heterocycles. The average molecular weight is 959 g/mol. The maximum absolute atomic E-state index is 7.05. The van der Waals surface area contributed by atoms with E-state index in [1.807, 2.05) is 24.3 Å². The van der Waals surface area contributed by atoms with E-state index in [1.54, 1.807) is 0 Å². The van der Waals surface area contributed by atoms with Crippen molar-refractivity contribution in [1.82, 2.24) is 0 Å². The zero-order valence-electron chi connectivity index (χ0n) is 41.0. The summed E-state index contributed by atoms with van der Waals surface area (Å²) in [6.07, 6.45) is 1.00. The fourth-order valence-corrected chi connectivity index (χ4v) is 10.4. The molecule has 0 spiro atoms. The fraction of sp³-hybridized carbons (Fsp3) is 0.0857. The highest BCUT2D eigenvalue weighted by atomic mass is 16.5. The third-order valence-electron chi connectivity index (χ3n) is 14.0. The largest absolute Gasteiger partial charge is 0.493 e. The third kappa shape index (κ3) is 9.66. The molecule has 0 fully saturated rings. The summed E-state index contributed by atoms with van der Waals surface area (Å²) in [5.74, 6) is 3.25. The summed E-state index contributed by atoms with van der Waals surface area (Å²) >= 11 is 0. The van der Waals surface area contributed by atoms with E-state index in [4.69, 9.17) is 18.9 Å². The Morgan fingerprint density at radius 3 is 0.946 bits per heavy atom. The van der Waals surface area contributed by atoms with Gasteiger partial charge < -0.3 is 18.9 Å². The summed E-state index contributed by atoms with van der Waals surface area (Å²) in [6, 6.07) is 93.3. The minimum atomic E-state index is -0.293. The number of unbranched alkanes of at least 4 members (excludes halogenated alkanes) is 1. The quantitative estimate of drug-likeness (QED) is 0.0852. The topological polar surface area (TPSA) is 36.9 Å². The van der Waals surface area contributed by atoms with Crippen LogP contribution >= 0.6 is 0 Å². The molecule has 0 aliphatic carbocycles. The molecule has 0 radical (unpaired) electrons. The molecule has 4 heteroatoms. The van der Waals surface area contributed by atoms with Crippen LogP contribution < -0.4 is 18.9 Å². The van der Waals surface area contributed by atoms with Gasteiger partial charge in [0.2, 0.25) is 0 Å². The minimum Gasteiger partial charge on any atom is -0.493 e. The predicted octanol–water partition coefficient (Wildman–Crippen LogP) is 18.2. The standard InChI is InChI=1S/C70H54O4/c1-5-25-51(26-6-1)69(52-27-7-2-8-28-52)73-57-45-55-33-15-17-35-59(55)63(47-57)67-61-37-19-13-23-49(61)39-41-65(67)71-43-21-22-44-72-66-42-40-50-24-14-20-38-62(50)68(66)64-48-58(46-56-34-16-18-36-60(56)64)74-70(53-29-9-3-10-30-53)54-31-11-4-12-32-54/h1-20,23-42,45-48,69-70H,21-22,43-44H2. The molecule has 0 saturated heterocycles. The van der Waals surface area contributed by atoms with E-state index in [1.165, 1.54) is 0 Å². The van der Waals surface area contributed by atoms with Gasteiger partial charge in [0.25, 0.3) is 0 Å². The van der Waals surface area contributed by atoms with Crippen LogP contribution in [0.1, 0.15) is 47.3 Å². The van der Waals surface area contributed by atoms with Crippen LogP contribution in [0.2, 0.25) is 0 Å². The molecule has 0 heterocycles. The Morgan fingerprint density at radius 1 is 0.270 bits per heavy atom. The first kappa shape index (κ1) is 46.0. The van der Waals surface area contributed by atoms with E-state index in [0.717, 1.165) is 123 Å². The molecule has 12 aromatic rings. The maximum Gasteiger partial charge on any atom is 0.149 e.